The van der Waals surface area contributed by atoms with Gasteiger partial charge in [-0.25, -0.2) is 4.98 Å². The molecule has 0 unspecified atom stereocenters. The Hall–Kier alpha value is -2.28. The van der Waals surface area contributed by atoms with E-state index in [-0.39, 0.29) is 10.7 Å². The molecule has 1 aliphatic rings. The molecule has 2 heterocycles. The Morgan fingerprint density at radius 1 is 1.16 bits per heavy atom. The molecule has 1 fully saturated rings. The SMILES string of the molecule is O=C(Nc1cc(C(F)(F)F)ccc1Cl)c1ccnc(N2CCCC2)c1. The normalized spacial score (nSPS) is 14.6. The molecule has 1 amide bonds. The fourth-order valence-corrected chi connectivity index (χ4v) is 2.84. The molecule has 1 aromatic heterocycles. The lowest BCUT2D eigenvalue weighted by molar-refractivity contribution is -0.137. The van der Waals surface area contributed by atoms with Crippen LogP contribution in [0.4, 0.5) is 24.7 Å². The summed E-state index contributed by atoms with van der Waals surface area (Å²) in [5.41, 5.74) is -0.647. The van der Waals surface area contributed by atoms with Crippen LogP contribution in [0.15, 0.2) is 36.5 Å². The quantitative estimate of drug-likeness (QED) is 0.859. The minimum absolute atomic E-state index is 0.0372. The highest BCUT2D eigenvalue weighted by Crippen LogP contribution is 2.34. The van der Waals surface area contributed by atoms with E-state index in [1.54, 1.807) is 6.07 Å². The Labute approximate surface area is 147 Å². The van der Waals surface area contributed by atoms with Gasteiger partial charge in [0.1, 0.15) is 5.82 Å². The number of benzene rings is 1. The second kappa shape index (κ2) is 6.92. The van der Waals surface area contributed by atoms with Crippen molar-refractivity contribution in [1.29, 1.82) is 0 Å². The zero-order valence-corrected chi connectivity index (χ0v) is 13.9. The van der Waals surface area contributed by atoms with Crippen molar-refractivity contribution < 1.29 is 18.0 Å². The van der Waals surface area contributed by atoms with Gasteiger partial charge < -0.3 is 10.2 Å². The minimum Gasteiger partial charge on any atom is -0.357 e. The summed E-state index contributed by atoms with van der Waals surface area (Å²) in [6.45, 7) is 1.75. The number of aromatic nitrogens is 1. The summed E-state index contributed by atoms with van der Waals surface area (Å²) in [7, 11) is 0. The second-order valence-electron chi connectivity index (χ2n) is 5.74. The smallest absolute Gasteiger partial charge is 0.357 e. The van der Waals surface area contributed by atoms with E-state index in [0.29, 0.717) is 11.4 Å². The van der Waals surface area contributed by atoms with Gasteiger partial charge in [0, 0.05) is 24.8 Å². The Morgan fingerprint density at radius 2 is 1.88 bits per heavy atom. The summed E-state index contributed by atoms with van der Waals surface area (Å²) in [6, 6.07) is 5.94. The van der Waals surface area contributed by atoms with E-state index in [9.17, 15) is 18.0 Å². The first kappa shape index (κ1) is 17.5. The topological polar surface area (TPSA) is 45.2 Å². The molecule has 1 aromatic carbocycles. The molecule has 3 rings (SSSR count). The number of hydrogen-bond acceptors (Lipinski definition) is 3. The van der Waals surface area contributed by atoms with Gasteiger partial charge >= 0.3 is 6.18 Å². The van der Waals surface area contributed by atoms with Gasteiger partial charge in [-0.05, 0) is 43.2 Å². The fourth-order valence-electron chi connectivity index (χ4n) is 2.67. The summed E-state index contributed by atoms with van der Waals surface area (Å²) in [5.74, 6) is 0.143. The molecule has 4 nitrogen and oxygen atoms in total. The molecule has 0 bridgehead atoms. The van der Waals surface area contributed by atoms with Gasteiger partial charge in [-0.1, -0.05) is 11.6 Å². The Bertz CT molecular complexity index is 789. The maximum absolute atomic E-state index is 12.8. The summed E-state index contributed by atoms with van der Waals surface area (Å²) >= 11 is 5.91. The van der Waals surface area contributed by atoms with Gasteiger partial charge in [0.15, 0.2) is 0 Å². The van der Waals surface area contributed by atoms with Crippen molar-refractivity contribution in [2.24, 2.45) is 0 Å². The molecule has 2 aromatic rings. The first-order valence-electron chi connectivity index (χ1n) is 7.74. The Balaban J connectivity index is 1.82. The van der Waals surface area contributed by atoms with Gasteiger partial charge in [0.25, 0.3) is 5.91 Å². The van der Waals surface area contributed by atoms with Crippen molar-refractivity contribution in [2.75, 3.05) is 23.3 Å². The van der Waals surface area contributed by atoms with E-state index >= 15 is 0 Å². The standard InChI is InChI=1S/C17H15ClF3N3O/c18-13-4-3-12(17(19,20)21)10-14(13)23-16(25)11-5-6-22-15(9-11)24-7-1-2-8-24/h3-6,9-10H,1-2,7-8H2,(H,23,25). The van der Waals surface area contributed by atoms with E-state index in [1.807, 2.05) is 0 Å². The van der Waals surface area contributed by atoms with Crippen LogP contribution in [0.5, 0.6) is 0 Å². The molecule has 1 saturated heterocycles. The maximum atomic E-state index is 12.8. The third-order valence-electron chi connectivity index (χ3n) is 3.98. The monoisotopic (exact) mass is 369 g/mol. The first-order chi connectivity index (χ1) is 11.8. The third-order valence-corrected chi connectivity index (χ3v) is 4.31. The van der Waals surface area contributed by atoms with E-state index in [4.69, 9.17) is 11.6 Å². The van der Waals surface area contributed by atoms with Crippen LogP contribution in [-0.4, -0.2) is 24.0 Å². The molecule has 1 N–H and O–H groups in total. The van der Waals surface area contributed by atoms with E-state index in [2.05, 4.69) is 15.2 Å². The number of anilines is 2. The van der Waals surface area contributed by atoms with Crippen LogP contribution in [0.25, 0.3) is 0 Å². The highest BCUT2D eigenvalue weighted by atomic mass is 35.5. The number of amides is 1. The second-order valence-corrected chi connectivity index (χ2v) is 6.15. The number of pyridine rings is 1. The highest BCUT2D eigenvalue weighted by molar-refractivity contribution is 6.34. The minimum atomic E-state index is -4.51. The number of alkyl halides is 3. The van der Waals surface area contributed by atoms with Crippen molar-refractivity contribution >= 4 is 29.0 Å². The lowest BCUT2D eigenvalue weighted by Crippen LogP contribution is -2.20. The van der Waals surface area contributed by atoms with Gasteiger partial charge in [-0.2, -0.15) is 13.2 Å². The van der Waals surface area contributed by atoms with Crippen molar-refractivity contribution in [2.45, 2.75) is 19.0 Å². The molecule has 1 aliphatic heterocycles. The molecule has 0 radical (unpaired) electrons. The van der Waals surface area contributed by atoms with Gasteiger partial charge in [0.05, 0.1) is 16.3 Å². The number of carbonyl (C=O) groups excluding carboxylic acids is 1. The highest BCUT2D eigenvalue weighted by Gasteiger charge is 2.31. The van der Waals surface area contributed by atoms with E-state index in [1.165, 1.54) is 12.3 Å². The van der Waals surface area contributed by atoms with Crippen LogP contribution in [0.1, 0.15) is 28.8 Å². The molecule has 25 heavy (non-hydrogen) atoms. The molecule has 0 spiro atoms. The zero-order valence-electron chi connectivity index (χ0n) is 13.1. The molecule has 0 aliphatic carbocycles. The first-order valence-corrected chi connectivity index (χ1v) is 8.11. The Morgan fingerprint density at radius 3 is 2.56 bits per heavy atom. The van der Waals surface area contributed by atoms with Crippen molar-refractivity contribution in [3.8, 4) is 0 Å². The number of hydrogen-bond donors (Lipinski definition) is 1. The average Bonchev–Trinajstić information content (AvgIpc) is 3.10. The van der Waals surface area contributed by atoms with Crippen LogP contribution in [0, 0.1) is 0 Å². The van der Waals surface area contributed by atoms with E-state index in [0.717, 1.165) is 44.1 Å². The maximum Gasteiger partial charge on any atom is 0.416 e. The largest absolute Gasteiger partial charge is 0.416 e. The third kappa shape index (κ3) is 4.04. The lowest BCUT2D eigenvalue weighted by Gasteiger charge is -2.17. The van der Waals surface area contributed by atoms with Gasteiger partial charge in [0.2, 0.25) is 0 Å². The molecule has 8 heteroatoms. The van der Waals surface area contributed by atoms with Crippen LogP contribution in [0.3, 0.4) is 0 Å². The molecule has 0 saturated carbocycles. The molecular formula is C17H15ClF3N3O. The molecule has 132 valence electrons. The number of rotatable bonds is 3. The predicted octanol–water partition coefficient (Wildman–Crippen LogP) is 4.61. The van der Waals surface area contributed by atoms with Gasteiger partial charge in [-0.15, -0.1) is 0 Å². The lowest BCUT2D eigenvalue weighted by atomic mass is 10.1. The average molecular weight is 370 g/mol. The van der Waals surface area contributed by atoms with Crippen LogP contribution in [0.2, 0.25) is 5.02 Å². The number of carbonyl (C=O) groups is 1. The predicted molar refractivity (Wildman–Crippen MR) is 90.1 cm³/mol. The fraction of sp³-hybridized carbons (Fsp3) is 0.294. The summed E-state index contributed by atoms with van der Waals surface area (Å²) in [4.78, 5) is 18.7. The van der Waals surface area contributed by atoms with Crippen molar-refractivity contribution in [3.05, 3.63) is 52.7 Å². The van der Waals surface area contributed by atoms with Crippen molar-refractivity contribution in [3.63, 3.8) is 0 Å². The molecular weight excluding hydrogens is 355 g/mol. The molecule has 0 atom stereocenters. The summed E-state index contributed by atoms with van der Waals surface area (Å²) in [6.07, 6.45) is -0.865. The van der Waals surface area contributed by atoms with E-state index < -0.39 is 17.6 Å². The number of nitrogens with one attached hydrogen (secondary N) is 1. The number of nitrogens with zero attached hydrogens (tertiary/aromatic N) is 2. The summed E-state index contributed by atoms with van der Waals surface area (Å²) in [5, 5.41) is 2.48. The van der Waals surface area contributed by atoms with Crippen LogP contribution < -0.4 is 10.2 Å². The summed E-state index contributed by atoms with van der Waals surface area (Å²) < 4.78 is 38.4. The van der Waals surface area contributed by atoms with Crippen LogP contribution in [-0.2, 0) is 6.18 Å². The van der Waals surface area contributed by atoms with Gasteiger partial charge in [-0.3, -0.25) is 4.79 Å². The zero-order chi connectivity index (χ0) is 18.0. The van der Waals surface area contributed by atoms with Crippen LogP contribution >= 0.6 is 11.6 Å². The Kier molecular flexibility index (Phi) is 4.85. The van der Waals surface area contributed by atoms with Crippen molar-refractivity contribution in [1.82, 2.24) is 4.98 Å². The number of halogens is 4.